The molecule has 0 aliphatic carbocycles. The zero-order valence-corrected chi connectivity index (χ0v) is 10.4. The van der Waals surface area contributed by atoms with Gasteiger partial charge in [-0.05, 0) is 31.2 Å². The van der Waals surface area contributed by atoms with E-state index in [1.165, 1.54) is 0 Å². The first kappa shape index (κ1) is 12.0. The minimum atomic E-state index is 0.0550. The molecule has 4 nitrogen and oxygen atoms in total. The van der Waals surface area contributed by atoms with Crippen LogP contribution >= 0.6 is 11.6 Å². The Kier molecular flexibility index (Phi) is 3.74. The lowest BCUT2D eigenvalue weighted by Gasteiger charge is -2.16. The molecule has 1 heterocycles. The monoisotopic (exact) mass is 254 g/mol. The SMILES string of the molecule is C[C@@H](C[C@H]1COC(N)=N1)Oc1ccc(Cl)cc1. The van der Waals surface area contributed by atoms with Crippen LogP contribution < -0.4 is 10.5 Å². The van der Waals surface area contributed by atoms with Gasteiger partial charge in [-0.1, -0.05) is 11.6 Å². The molecule has 2 N–H and O–H groups in total. The van der Waals surface area contributed by atoms with E-state index < -0.39 is 0 Å². The molecule has 0 unspecified atom stereocenters. The molecule has 1 aliphatic heterocycles. The summed E-state index contributed by atoms with van der Waals surface area (Å²) in [7, 11) is 0. The molecule has 17 heavy (non-hydrogen) atoms. The van der Waals surface area contributed by atoms with Crippen molar-refractivity contribution >= 4 is 17.6 Å². The molecule has 2 atom stereocenters. The van der Waals surface area contributed by atoms with Crippen LogP contribution in [-0.2, 0) is 4.74 Å². The molecule has 1 aromatic rings. The van der Waals surface area contributed by atoms with Crippen LogP contribution in [0.2, 0.25) is 5.02 Å². The topological polar surface area (TPSA) is 56.8 Å². The lowest BCUT2D eigenvalue weighted by Crippen LogP contribution is -2.20. The molecule has 0 saturated heterocycles. The minimum absolute atomic E-state index is 0.0550. The second-order valence-corrected chi connectivity index (χ2v) is 4.49. The van der Waals surface area contributed by atoms with E-state index >= 15 is 0 Å². The van der Waals surface area contributed by atoms with Gasteiger partial charge in [0, 0.05) is 11.4 Å². The van der Waals surface area contributed by atoms with E-state index in [1.807, 2.05) is 19.1 Å². The standard InChI is InChI=1S/C12H15ClN2O2/c1-8(6-10-7-16-12(14)15-10)17-11-4-2-9(13)3-5-11/h2-5,8,10H,6-7H2,1H3,(H2,14,15)/t8-,10-/m0/s1. The fourth-order valence-corrected chi connectivity index (χ4v) is 1.86. The highest BCUT2D eigenvalue weighted by Gasteiger charge is 2.20. The van der Waals surface area contributed by atoms with Gasteiger partial charge in [0.05, 0.1) is 12.1 Å². The Morgan fingerprint density at radius 3 is 2.82 bits per heavy atom. The molecular weight excluding hydrogens is 240 g/mol. The largest absolute Gasteiger partial charge is 0.491 e. The third-order valence-electron chi connectivity index (χ3n) is 2.49. The van der Waals surface area contributed by atoms with Crippen LogP contribution in [0.25, 0.3) is 0 Å². The molecule has 92 valence electrons. The first-order valence-corrected chi connectivity index (χ1v) is 5.89. The van der Waals surface area contributed by atoms with E-state index in [1.54, 1.807) is 12.1 Å². The van der Waals surface area contributed by atoms with E-state index in [9.17, 15) is 0 Å². The van der Waals surface area contributed by atoms with E-state index in [2.05, 4.69) is 4.99 Å². The Balaban J connectivity index is 1.85. The van der Waals surface area contributed by atoms with E-state index in [0.717, 1.165) is 12.2 Å². The second-order valence-electron chi connectivity index (χ2n) is 4.05. The van der Waals surface area contributed by atoms with Crippen LogP contribution in [0.15, 0.2) is 29.3 Å². The predicted octanol–water partition coefficient (Wildman–Crippen LogP) is 2.21. The zero-order chi connectivity index (χ0) is 12.3. The van der Waals surface area contributed by atoms with Gasteiger partial charge in [-0.15, -0.1) is 0 Å². The Morgan fingerprint density at radius 1 is 1.53 bits per heavy atom. The summed E-state index contributed by atoms with van der Waals surface area (Å²) >= 11 is 5.80. The maximum atomic E-state index is 5.80. The van der Waals surface area contributed by atoms with Crippen molar-refractivity contribution in [3.8, 4) is 5.75 Å². The molecule has 1 aromatic carbocycles. The number of ether oxygens (including phenoxy) is 2. The minimum Gasteiger partial charge on any atom is -0.491 e. The van der Waals surface area contributed by atoms with Crippen molar-refractivity contribution in [1.29, 1.82) is 0 Å². The van der Waals surface area contributed by atoms with E-state index in [-0.39, 0.29) is 18.2 Å². The maximum absolute atomic E-state index is 5.80. The second kappa shape index (κ2) is 5.27. The van der Waals surface area contributed by atoms with Crippen molar-refractivity contribution in [1.82, 2.24) is 0 Å². The van der Waals surface area contributed by atoms with Gasteiger partial charge in [0.2, 0.25) is 0 Å². The number of hydrogen-bond acceptors (Lipinski definition) is 4. The van der Waals surface area contributed by atoms with Crippen LogP contribution in [0, 0.1) is 0 Å². The van der Waals surface area contributed by atoms with Gasteiger partial charge < -0.3 is 15.2 Å². The average Bonchev–Trinajstić information content (AvgIpc) is 2.67. The van der Waals surface area contributed by atoms with Crippen LogP contribution in [0.5, 0.6) is 5.75 Å². The highest BCUT2D eigenvalue weighted by Crippen LogP contribution is 2.19. The lowest BCUT2D eigenvalue weighted by molar-refractivity contribution is 0.189. The zero-order valence-electron chi connectivity index (χ0n) is 9.60. The van der Waals surface area contributed by atoms with Gasteiger partial charge in [-0.3, -0.25) is 0 Å². The Labute approximate surface area is 105 Å². The normalized spacial score (nSPS) is 20.6. The number of amidine groups is 1. The summed E-state index contributed by atoms with van der Waals surface area (Å²) in [6.45, 7) is 2.54. The number of nitrogens with zero attached hydrogens (tertiary/aromatic N) is 1. The number of rotatable bonds is 4. The fourth-order valence-electron chi connectivity index (χ4n) is 1.73. The molecule has 0 aromatic heterocycles. The summed E-state index contributed by atoms with van der Waals surface area (Å²) in [5.74, 6) is 0.803. The summed E-state index contributed by atoms with van der Waals surface area (Å²) < 4.78 is 10.8. The summed E-state index contributed by atoms with van der Waals surface area (Å²) in [6, 6.07) is 7.67. The van der Waals surface area contributed by atoms with Crippen molar-refractivity contribution in [2.45, 2.75) is 25.5 Å². The quantitative estimate of drug-likeness (QED) is 0.896. The highest BCUT2D eigenvalue weighted by atomic mass is 35.5. The van der Waals surface area contributed by atoms with Crippen LogP contribution in [0.4, 0.5) is 0 Å². The Bertz CT molecular complexity index is 405. The van der Waals surface area contributed by atoms with Gasteiger partial charge in [-0.2, -0.15) is 0 Å². The van der Waals surface area contributed by atoms with Crippen molar-refractivity contribution in [3.05, 3.63) is 29.3 Å². The highest BCUT2D eigenvalue weighted by molar-refractivity contribution is 6.30. The van der Waals surface area contributed by atoms with Crippen molar-refractivity contribution in [2.75, 3.05) is 6.61 Å². The molecule has 0 amide bonds. The first-order valence-electron chi connectivity index (χ1n) is 5.52. The van der Waals surface area contributed by atoms with Crippen LogP contribution in [0.1, 0.15) is 13.3 Å². The summed E-state index contributed by atoms with van der Waals surface area (Å²) in [5, 5.41) is 0.701. The molecule has 0 spiro atoms. The molecule has 0 radical (unpaired) electrons. The Morgan fingerprint density at radius 2 is 2.24 bits per heavy atom. The van der Waals surface area contributed by atoms with Crippen molar-refractivity contribution in [2.24, 2.45) is 10.7 Å². The Hall–Kier alpha value is -1.42. The molecule has 0 saturated carbocycles. The molecule has 2 rings (SSSR count). The van der Waals surface area contributed by atoms with Gasteiger partial charge >= 0.3 is 0 Å². The number of benzene rings is 1. The fraction of sp³-hybridized carbons (Fsp3) is 0.417. The smallest absolute Gasteiger partial charge is 0.282 e. The molecule has 0 fully saturated rings. The van der Waals surface area contributed by atoms with Gasteiger partial charge in [0.15, 0.2) is 0 Å². The van der Waals surface area contributed by atoms with Crippen molar-refractivity contribution in [3.63, 3.8) is 0 Å². The average molecular weight is 255 g/mol. The third kappa shape index (κ3) is 3.53. The number of hydrogen-bond donors (Lipinski definition) is 1. The summed E-state index contributed by atoms with van der Waals surface area (Å²) in [6.07, 6.45) is 0.836. The number of halogens is 1. The van der Waals surface area contributed by atoms with Crippen LogP contribution in [-0.4, -0.2) is 24.8 Å². The lowest BCUT2D eigenvalue weighted by atomic mass is 10.1. The summed E-state index contributed by atoms with van der Waals surface area (Å²) in [5.41, 5.74) is 5.44. The first-order chi connectivity index (χ1) is 8.13. The predicted molar refractivity (Wildman–Crippen MR) is 67.5 cm³/mol. The van der Waals surface area contributed by atoms with E-state index in [4.69, 9.17) is 26.8 Å². The van der Waals surface area contributed by atoms with Crippen LogP contribution in [0.3, 0.4) is 0 Å². The molecular formula is C12H15ClN2O2. The van der Waals surface area contributed by atoms with Gasteiger partial charge in [0.25, 0.3) is 6.02 Å². The van der Waals surface area contributed by atoms with Gasteiger partial charge in [0.1, 0.15) is 12.4 Å². The number of aliphatic imine (C=N–C) groups is 1. The molecule has 0 bridgehead atoms. The van der Waals surface area contributed by atoms with Crippen molar-refractivity contribution < 1.29 is 9.47 Å². The molecule has 1 aliphatic rings. The van der Waals surface area contributed by atoms with E-state index in [0.29, 0.717) is 11.6 Å². The maximum Gasteiger partial charge on any atom is 0.282 e. The molecule has 5 heteroatoms. The number of nitrogens with two attached hydrogens (primary N) is 1. The summed E-state index contributed by atoms with van der Waals surface area (Å²) in [4.78, 5) is 4.16. The van der Waals surface area contributed by atoms with Gasteiger partial charge in [-0.25, -0.2) is 4.99 Å². The third-order valence-corrected chi connectivity index (χ3v) is 2.74.